The summed E-state index contributed by atoms with van der Waals surface area (Å²) < 4.78 is 10.6. The van der Waals surface area contributed by atoms with Crippen LogP contribution in [0.25, 0.3) is 11.0 Å². The van der Waals surface area contributed by atoms with Crippen LogP contribution in [0.4, 0.5) is 0 Å². The third-order valence-electron chi connectivity index (χ3n) is 2.65. The summed E-state index contributed by atoms with van der Waals surface area (Å²) in [7, 11) is 1.30. The molecule has 0 spiro atoms. The number of hydrogen-bond donors (Lipinski definition) is 1. The van der Waals surface area contributed by atoms with Crippen molar-refractivity contribution in [2.24, 2.45) is 5.73 Å². The maximum absolute atomic E-state index is 11.6. The molecule has 0 aliphatic heterocycles. The van der Waals surface area contributed by atoms with Gasteiger partial charge in [-0.2, -0.15) is 0 Å². The van der Waals surface area contributed by atoms with Crippen LogP contribution in [0.15, 0.2) is 21.0 Å². The molecule has 94 valence electrons. The van der Waals surface area contributed by atoms with Crippen LogP contribution in [0.2, 0.25) is 0 Å². The van der Waals surface area contributed by atoms with Crippen LogP contribution in [0.5, 0.6) is 0 Å². The number of rotatable bonds is 2. The van der Waals surface area contributed by atoms with Gasteiger partial charge in [-0.25, -0.2) is 4.79 Å². The van der Waals surface area contributed by atoms with Crippen molar-refractivity contribution in [2.45, 2.75) is 6.92 Å². The van der Waals surface area contributed by atoms with E-state index in [1.807, 2.05) is 0 Å². The van der Waals surface area contributed by atoms with Crippen LogP contribution in [-0.4, -0.2) is 19.0 Å². The Balaban J connectivity index is 2.75. The Morgan fingerprint density at radius 2 is 2.06 bits per heavy atom. The second-order valence-electron chi connectivity index (χ2n) is 3.74. The number of carbonyl (C=O) groups is 2. The third kappa shape index (κ3) is 1.88. The molecule has 5 nitrogen and oxygen atoms in total. The summed E-state index contributed by atoms with van der Waals surface area (Å²) in [4.78, 5) is 22.7. The molecule has 0 atom stereocenters. The van der Waals surface area contributed by atoms with E-state index in [-0.39, 0.29) is 5.76 Å². The number of furan rings is 1. The minimum Gasteiger partial charge on any atom is -0.465 e. The quantitative estimate of drug-likeness (QED) is 0.863. The topological polar surface area (TPSA) is 82.5 Å². The number of halogens is 1. The molecule has 1 heterocycles. The van der Waals surface area contributed by atoms with Crippen molar-refractivity contribution in [3.05, 3.63) is 33.5 Å². The lowest BCUT2D eigenvalue weighted by atomic mass is 10.1. The number of nitrogens with two attached hydrogens (primary N) is 1. The lowest BCUT2D eigenvalue weighted by molar-refractivity contribution is 0.0599. The summed E-state index contributed by atoms with van der Waals surface area (Å²) in [5, 5.41) is 0.689. The second-order valence-corrected chi connectivity index (χ2v) is 4.53. The summed E-state index contributed by atoms with van der Waals surface area (Å²) in [6.07, 6.45) is 0. The molecular formula is C12H10BrNO4. The smallest absolute Gasteiger partial charge is 0.338 e. The van der Waals surface area contributed by atoms with Crippen LogP contribution in [0.3, 0.4) is 0 Å². The van der Waals surface area contributed by atoms with Crippen molar-refractivity contribution in [1.82, 2.24) is 0 Å². The highest BCUT2D eigenvalue weighted by Crippen LogP contribution is 2.32. The number of fused-ring (bicyclic) bond motifs is 1. The highest BCUT2D eigenvalue weighted by atomic mass is 79.9. The number of ether oxygens (including phenoxy) is 1. The van der Waals surface area contributed by atoms with Gasteiger partial charge >= 0.3 is 5.97 Å². The van der Waals surface area contributed by atoms with E-state index in [2.05, 4.69) is 20.7 Å². The van der Waals surface area contributed by atoms with E-state index in [1.165, 1.54) is 19.2 Å². The van der Waals surface area contributed by atoms with E-state index in [4.69, 9.17) is 10.2 Å². The molecule has 0 saturated carbocycles. The number of methoxy groups -OCH3 is 1. The first-order chi connectivity index (χ1) is 8.45. The van der Waals surface area contributed by atoms with Gasteiger partial charge in [0.2, 0.25) is 0 Å². The third-order valence-corrected chi connectivity index (χ3v) is 3.68. The van der Waals surface area contributed by atoms with E-state index in [1.54, 1.807) is 6.92 Å². The van der Waals surface area contributed by atoms with Crippen molar-refractivity contribution in [1.29, 1.82) is 0 Å². The fourth-order valence-electron chi connectivity index (χ4n) is 1.69. The predicted octanol–water partition coefficient (Wildman–Crippen LogP) is 2.39. The van der Waals surface area contributed by atoms with Crippen molar-refractivity contribution >= 4 is 38.8 Å². The number of benzene rings is 1. The minimum absolute atomic E-state index is 0.0483. The van der Waals surface area contributed by atoms with Gasteiger partial charge in [0.15, 0.2) is 5.76 Å². The van der Waals surface area contributed by atoms with Crippen molar-refractivity contribution < 1.29 is 18.7 Å². The average Bonchev–Trinajstić information content (AvgIpc) is 2.77. The van der Waals surface area contributed by atoms with Gasteiger partial charge in [-0.1, -0.05) is 0 Å². The monoisotopic (exact) mass is 311 g/mol. The number of esters is 1. The SMILES string of the molecule is COC(=O)c1cc2oc(C(N)=O)cc2c(Br)c1C. The molecule has 1 aromatic heterocycles. The normalized spacial score (nSPS) is 10.6. The van der Waals surface area contributed by atoms with Crippen LogP contribution in [0, 0.1) is 6.92 Å². The first-order valence-corrected chi connectivity index (χ1v) is 5.85. The zero-order chi connectivity index (χ0) is 13.4. The molecule has 1 aromatic carbocycles. The van der Waals surface area contributed by atoms with Crippen molar-refractivity contribution in [3.63, 3.8) is 0 Å². The Morgan fingerprint density at radius 3 is 2.61 bits per heavy atom. The summed E-state index contributed by atoms with van der Waals surface area (Å²) >= 11 is 3.37. The van der Waals surface area contributed by atoms with Gasteiger partial charge in [0.25, 0.3) is 5.91 Å². The van der Waals surface area contributed by atoms with E-state index in [0.29, 0.717) is 26.6 Å². The fraction of sp³-hybridized carbons (Fsp3) is 0.167. The van der Waals surface area contributed by atoms with Gasteiger partial charge in [0.1, 0.15) is 5.58 Å². The van der Waals surface area contributed by atoms with Crippen molar-refractivity contribution in [3.8, 4) is 0 Å². The highest BCUT2D eigenvalue weighted by molar-refractivity contribution is 9.10. The van der Waals surface area contributed by atoms with Crippen LogP contribution in [0.1, 0.15) is 26.5 Å². The maximum Gasteiger partial charge on any atom is 0.338 e. The molecule has 18 heavy (non-hydrogen) atoms. The first kappa shape index (κ1) is 12.6. The standard InChI is InChI=1S/C12H10BrNO4/c1-5-6(12(16)17-2)3-8-7(10(5)13)4-9(18-8)11(14)15/h3-4H,1-2H3,(H2,14,15). The molecule has 1 amide bonds. The fourth-order valence-corrected chi connectivity index (χ4v) is 2.21. The molecule has 2 N–H and O–H groups in total. The van der Waals surface area contributed by atoms with Crippen molar-refractivity contribution in [2.75, 3.05) is 7.11 Å². The summed E-state index contributed by atoms with van der Waals surface area (Å²) in [6, 6.07) is 3.07. The van der Waals surface area contributed by atoms with Gasteiger partial charge in [-0.3, -0.25) is 4.79 Å². The first-order valence-electron chi connectivity index (χ1n) is 5.06. The Kier molecular flexibility index (Phi) is 3.13. The predicted molar refractivity (Wildman–Crippen MR) is 68.5 cm³/mol. The number of primary amides is 1. The van der Waals surface area contributed by atoms with Gasteiger partial charge < -0.3 is 14.9 Å². The van der Waals surface area contributed by atoms with E-state index < -0.39 is 11.9 Å². The maximum atomic E-state index is 11.6. The van der Waals surface area contributed by atoms with E-state index in [0.717, 1.165) is 0 Å². The summed E-state index contributed by atoms with van der Waals surface area (Å²) in [6.45, 7) is 1.77. The van der Waals surface area contributed by atoms with Gasteiger partial charge in [-0.05, 0) is 40.5 Å². The van der Waals surface area contributed by atoms with E-state index in [9.17, 15) is 9.59 Å². The Bertz CT molecular complexity index is 660. The highest BCUT2D eigenvalue weighted by Gasteiger charge is 2.18. The summed E-state index contributed by atoms with van der Waals surface area (Å²) in [5.41, 5.74) is 6.65. The number of amides is 1. The molecule has 0 radical (unpaired) electrons. The lowest BCUT2D eigenvalue weighted by Gasteiger charge is -2.06. The van der Waals surface area contributed by atoms with Crippen LogP contribution in [-0.2, 0) is 4.74 Å². The zero-order valence-corrected chi connectivity index (χ0v) is 11.3. The largest absolute Gasteiger partial charge is 0.465 e. The second kappa shape index (κ2) is 4.45. The average molecular weight is 312 g/mol. The molecular weight excluding hydrogens is 302 g/mol. The molecule has 2 aromatic rings. The lowest BCUT2D eigenvalue weighted by Crippen LogP contribution is -2.08. The van der Waals surface area contributed by atoms with Crippen LogP contribution >= 0.6 is 15.9 Å². The van der Waals surface area contributed by atoms with Gasteiger partial charge in [0.05, 0.1) is 12.7 Å². The van der Waals surface area contributed by atoms with Gasteiger partial charge in [-0.15, -0.1) is 0 Å². The number of carbonyl (C=O) groups excluding carboxylic acids is 2. The van der Waals surface area contributed by atoms with Crippen LogP contribution < -0.4 is 5.73 Å². The Morgan fingerprint density at radius 1 is 1.39 bits per heavy atom. The number of hydrogen-bond acceptors (Lipinski definition) is 4. The molecule has 0 unspecified atom stereocenters. The molecule has 0 aliphatic carbocycles. The molecule has 0 fully saturated rings. The zero-order valence-electron chi connectivity index (χ0n) is 9.74. The Labute approximate surface area is 111 Å². The molecule has 0 aliphatic rings. The minimum atomic E-state index is -0.657. The Hall–Kier alpha value is -1.82. The molecule has 0 bridgehead atoms. The van der Waals surface area contributed by atoms with E-state index >= 15 is 0 Å². The summed E-state index contributed by atoms with van der Waals surface area (Å²) in [5.74, 6) is -1.07. The molecule has 6 heteroatoms. The van der Waals surface area contributed by atoms with Gasteiger partial charge in [0, 0.05) is 9.86 Å². The molecule has 2 rings (SSSR count). The molecule has 0 saturated heterocycles.